The van der Waals surface area contributed by atoms with Crippen molar-refractivity contribution >= 4 is 10.1 Å². The summed E-state index contributed by atoms with van der Waals surface area (Å²) in [7, 11) is -4.15. The number of aliphatic hydroxyl groups excluding tert-OH is 1. The Bertz CT molecular complexity index is 415. The summed E-state index contributed by atoms with van der Waals surface area (Å²) < 4.78 is 34.4. The molecule has 0 aliphatic rings. The van der Waals surface area contributed by atoms with Crippen LogP contribution in [0.5, 0.6) is 0 Å². The van der Waals surface area contributed by atoms with E-state index in [0.29, 0.717) is 12.8 Å². The van der Waals surface area contributed by atoms with Gasteiger partial charge in [0.05, 0.1) is 16.2 Å². The van der Waals surface area contributed by atoms with Crippen molar-refractivity contribution in [2.75, 3.05) is 0 Å². The fraction of sp³-hybridized carbons (Fsp3) is 1.00. The predicted octanol–water partition coefficient (Wildman–Crippen LogP) is 3.33. The molecule has 0 aromatic rings. The molecule has 2 atom stereocenters. The number of hydrogen-bond acceptors (Lipinski definition) is 4. The third kappa shape index (κ3) is 20.8. The number of aliphatic hydroxyl groups is 1. The van der Waals surface area contributed by atoms with Gasteiger partial charge in [-0.1, -0.05) is 104 Å². The van der Waals surface area contributed by atoms with Crippen molar-refractivity contribution in [3.05, 3.63) is 0 Å². The topological polar surface area (TPSA) is 77.4 Å². The first-order valence-corrected chi connectivity index (χ1v) is 13.0. The Labute approximate surface area is 218 Å². The maximum atomic E-state index is 11.5. The molecular formula is C22H45KO4S. The normalized spacial score (nSPS) is 13.9. The van der Waals surface area contributed by atoms with Gasteiger partial charge >= 0.3 is 51.4 Å². The van der Waals surface area contributed by atoms with Gasteiger partial charge < -0.3 is 9.66 Å². The molecule has 0 amide bonds. The first-order valence-electron chi connectivity index (χ1n) is 11.5. The van der Waals surface area contributed by atoms with Gasteiger partial charge in [-0.05, 0) is 25.7 Å². The van der Waals surface area contributed by atoms with E-state index >= 15 is 0 Å². The first-order chi connectivity index (χ1) is 12.9. The summed E-state index contributed by atoms with van der Waals surface area (Å²) >= 11 is 0. The smallest absolute Gasteiger partial charge is 0.748 e. The van der Waals surface area contributed by atoms with E-state index in [2.05, 4.69) is 13.8 Å². The van der Waals surface area contributed by atoms with Gasteiger partial charge in [0.1, 0.15) is 0 Å². The van der Waals surface area contributed by atoms with Crippen LogP contribution in [0.1, 0.15) is 129 Å². The Morgan fingerprint density at radius 1 is 0.643 bits per heavy atom. The second-order valence-electron chi connectivity index (χ2n) is 8.17. The van der Waals surface area contributed by atoms with Crippen molar-refractivity contribution in [3.8, 4) is 0 Å². The maximum absolute atomic E-state index is 11.5. The zero-order chi connectivity index (χ0) is 20.4. The van der Waals surface area contributed by atoms with Crippen LogP contribution in [0, 0.1) is 0 Å². The van der Waals surface area contributed by atoms with Crippen LogP contribution in [0.15, 0.2) is 0 Å². The minimum Gasteiger partial charge on any atom is -0.748 e. The zero-order valence-electron chi connectivity index (χ0n) is 19.0. The number of unbranched alkanes of at least 4 members (excludes halogenated alkanes) is 11. The summed E-state index contributed by atoms with van der Waals surface area (Å²) in [6, 6.07) is 0. The van der Waals surface area contributed by atoms with Crippen molar-refractivity contribution in [1.82, 2.24) is 0 Å². The molecule has 4 nitrogen and oxygen atoms in total. The molecule has 0 aliphatic carbocycles. The number of rotatable bonds is 20. The van der Waals surface area contributed by atoms with Crippen LogP contribution in [-0.4, -0.2) is 29.4 Å². The van der Waals surface area contributed by atoms with Gasteiger partial charge in [0, 0.05) is 5.25 Å². The Balaban J connectivity index is 0. The summed E-state index contributed by atoms with van der Waals surface area (Å²) in [5.41, 5.74) is 0. The Morgan fingerprint density at radius 3 is 1.43 bits per heavy atom. The van der Waals surface area contributed by atoms with Crippen molar-refractivity contribution in [2.45, 2.75) is 141 Å². The predicted molar refractivity (Wildman–Crippen MR) is 114 cm³/mol. The summed E-state index contributed by atoms with van der Waals surface area (Å²) in [4.78, 5) is 0. The minimum absolute atomic E-state index is 0. The Morgan fingerprint density at radius 2 is 1.04 bits per heavy atom. The molecule has 2 unspecified atom stereocenters. The fourth-order valence-corrected chi connectivity index (χ4v) is 4.61. The van der Waals surface area contributed by atoms with E-state index in [1.807, 2.05) is 0 Å². The van der Waals surface area contributed by atoms with Gasteiger partial charge in [-0.25, -0.2) is 8.42 Å². The molecule has 164 valence electrons. The van der Waals surface area contributed by atoms with Crippen molar-refractivity contribution in [3.63, 3.8) is 0 Å². The molecule has 0 bridgehead atoms. The molecule has 0 heterocycles. The van der Waals surface area contributed by atoms with E-state index in [9.17, 15) is 18.1 Å². The quantitative estimate of drug-likeness (QED) is 0.177. The maximum Gasteiger partial charge on any atom is 1.00 e. The van der Waals surface area contributed by atoms with Crippen molar-refractivity contribution in [1.29, 1.82) is 0 Å². The monoisotopic (exact) mass is 444 g/mol. The molecule has 0 aromatic heterocycles. The Kier molecular flexibility index (Phi) is 24.6. The van der Waals surface area contributed by atoms with Crippen molar-refractivity contribution < 1.29 is 69.5 Å². The van der Waals surface area contributed by atoms with E-state index in [4.69, 9.17) is 0 Å². The van der Waals surface area contributed by atoms with E-state index < -0.39 is 15.4 Å². The van der Waals surface area contributed by atoms with E-state index in [0.717, 1.165) is 77.0 Å². The van der Waals surface area contributed by atoms with Crippen LogP contribution in [0.2, 0.25) is 0 Å². The van der Waals surface area contributed by atoms with Gasteiger partial charge in [-0.15, -0.1) is 0 Å². The van der Waals surface area contributed by atoms with Crippen LogP contribution in [0.25, 0.3) is 0 Å². The van der Waals surface area contributed by atoms with Crippen LogP contribution < -0.4 is 51.4 Å². The molecule has 0 saturated carbocycles. The van der Waals surface area contributed by atoms with Gasteiger partial charge in [-0.2, -0.15) is 0 Å². The average Bonchev–Trinajstić information content (AvgIpc) is 2.60. The van der Waals surface area contributed by atoms with Crippen LogP contribution >= 0.6 is 0 Å². The summed E-state index contributed by atoms with van der Waals surface area (Å²) in [6.45, 7) is 4.28. The molecule has 6 heteroatoms. The molecular weight excluding hydrogens is 399 g/mol. The average molecular weight is 445 g/mol. The van der Waals surface area contributed by atoms with Gasteiger partial charge in [-0.3, -0.25) is 0 Å². The zero-order valence-corrected chi connectivity index (χ0v) is 22.9. The molecule has 1 N–H and O–H groups in total. The Hall–Kier alpha value is 1.51. The largest absolute Gasteiger partial charge is 1.00 e. The molecule has 0 saturated heterocycles. The third-order valence-electron chi connectivity index (χ3n) is 5.47. The molecule has 0 spiro atoms. The third-order valence-corrected chi connectivity index (χ3v) is 6.76. The van der Waals surface area contributed by atoms with Crippen LogP contribution in [-0.2, 0) is 10.1 Å². The first kappa shape index (κ1) is 31.7. The van der Waals surface area contributed by atoms with E-state index in [1.54, 1.807) is 0 Å². The van der Waals surface area contributed by atoms with Crippen molar-refractivity contribution in [2.24, 2.45) is 0 Å². The number of hydrogen-bond donors (Lipinski definition) is 1. The minimum atomic E-state index is -4.15. The van der Waals surface area contributed by atoms with Crippen LogP contribution in [0.3, 0.4) is 0 Å². The molecule has 0 radical (unpaired) electrons. The molecule has 0 aromatic carbocycles. The van der Waals surface area contributed by atoms with E-state index in [1.165, 1.54) is 25.7 Å². The second-order valence-corrected chi connectivity index (χ2v) is 9.82. The fourth-order valence-electron chi connectivity index (χ4n) is 3.70. The molecule has 28 heavy (non-hydrogen) atoms. The summed E-state index contributed by atoms with van der Waals surface area (Å²) in [5.74, 6) is 0. The van der Waals surface area contributed by atoms with Gasteiger partial charge in [0.15, 0.2) is 0 Å². The summed E-state index contributed by atoms with van der Waals surface area (Å²) in [6.07, 6.45) is 18.1. The van der Waals surface area contributed by atoms with E-state index in [-0.39, 0.29) is 57.5 Å². The van der Waals surface area contributed by atoms with Crippen LogP contribution in [0.4, 0.5) is 0 Å². The molecule has 0 aliphatic heterocycles. The standard InChI is InChI=1S/C22H46O4S.K/c1-3-5-6-7-12-15-19-22(27(24,25)26)20-16-13-10-8-9-11-14-18-21(23)17-4-2;/h21-23H,3-20H2,1-2H3,(H,24,25,26);/q;+1/p-1. The molecule has 0 rings (SSSR count). The van der Waals surface area contributed by atoms with Gasteiger partial charge in [0.2, 0.25) is 0 Å². The second kappa shape index (κ2) is 21.7. The summed E-state index contributed by atoms with van der Waals surface area (Å²) in [5, 5.41) is 9.00. The van der Waals surface area contributed by atoms with Gasteiger partial charge in [0.25, 0.3) is 0 Å². The molecule has 0 fully saturated rings. The SMILES string of the molecule is CCCCCCCCC(CCCCCCCCCC(O)CCC)S(=O)(=O)[O-].[K+].